The molecule has 490 valence electrons. The third-order valence-electron chi connectivity index (χ3n) is 29.5. The van der Waals surface area contributed by atoms with E-state index in [1.807, 2.05) is 17.9 Å². The van der Waals surface area contributed by atoms with E-state index in [-0.39, 0.29) is 104 Å². The van der Waals surface area contributed by atoms with Crippen LogP contribution in [0.3, 0.4) is 0 Å². The first-order valence-corrected chi connectivity index (χ1v) is 37.3. The van der Waals surface area contributed by atoms with E-state index < -0.39 is 109 Å². The summed E-state index contributed by atoms with van der Waals surface area (Å²) in [5.74, 6) is -1.86. The number of ketones is 1. The molecule has 9 fully saturated rings. The Balaban J connectivity index is 0.856. The van der Waals surface area contributed by atoms with Gasteiger partial charge in [0.15, 0.2) is 5.78 Å². The molecule has 18 rings (SSSR count). The van der Waals surface area contributed by atoms with Crippen molar-refractivity contribution in [2.24, 2.45) is 91.7 Å². The number of aliphatic hydroxyl groups is 8. The number of ether oxygens (including phenoxy) is 2. The molecule has 7 aliphatic heterocycles. The second-order valence-corrected chi connectivity index (χ2v) is 35.3. The third-order valence-corrected chi connectivity index (χ3v) is 32.2. The minimum atomic E-state index is -2.05. The highest BCUT2D eigenvalue weighted by atomic mass is 33.1. The van der Waals surface area contributed by atoms with Crippen LogP contribution in [-0.4, -0.2) is 154 Å². The number of fused-ring (bicyclic) bond motifs is 4. The van der Waals surface area contributed by atoms with Gasteiger partial charge in [-0.3, -0.25) is 9.59 Å². The molecule has 6 saturated carbocycles. The number of nitrogens with one attached hydrogen (secondary N) is 1. The Kier molecular flexibility index (Phi) is 14.5. The van der Waals surface area contributed by atoms with Gasteiger partial charge in [0, 0.05) is 63.7 Å². The molecule has 8 bridgehead atoms. The molecule has 7 heterocycles. The van der Waals surface area contributed by atoms with Crippen molar-refractivity contribution in [1.82, 2.24) is 5.32 Å². The van der Waals surface area contributed by atoms with Gasteiger partial charge in [0.25, 0.3) is 0 Å². The number of carbonyl (C=O) groups excluding carboxylic acids is 2. The molecule has 0 radical (unpaired) electrons. The molecule has 3 saturated heterocycles. The highest BCUT2D eigenvalue weighted by molar-refractivity contribution is 8.76. The van der Waals surface area contributed by atoms with Crippen molar-refractivity contribution in [3.63, 3.8) is 0 Å². The molecule has 5 spiro atoms. The number of amides is 1. The van der Waals surface area contributed by atoms with Crippen molar-refractivity contribution in [2.75, 3.05) is 37.0 Å². The summed E-state index contributed by atoms with van der Waals surface area (Å²) in [6, 6.07) is 5.35. The van der Waals surface area contributed by atoms with E-state index in [1.165, 1.54) is 22.8 Å². The average molecular weight is 1280 g/mol. The largest absolute Gasteiger partial charge is 0.508 e. The van der Waals surface area contributed by atoms with Crippen molar-refractivity contribution in [1.29, 1.82) is 0 Å². The number of hydrogen-bond donors (Lipinski definition) is 10. The van der Waals surface area contributed by atoms with Crippen molar-refractivity contribution >= 4 is 39.0 Å². The summed E-state index contributed by atoms with van der Waals surface area (Å²) in [4.78, 5) is 35.2. The predicted molar refractivity (Wildman–Crippen MR) is 343 cm³/mol. The van der Waals surface area contributed by atoms with Crippen molar-refractivity contribution in [2.45, 2.75) is 214 Å². The van der Waals surface area contributed by atoms with Crippen LogP contribution in [0.1, 0.15) is 149 Å². The van der Waals surface area contributed by atoms with Crippen LogP contribution in [0.15, 0.2) is 78.0 Å². The number of phenolic OH excluding ortho intramolecular Hbond substituents is 1. The fourth-order valence-corrected chi connectivity index (χ4v) is 28.3. The number of aliphatic hydroxyl groups excluding tert-OH is 5. The van der Waals surface area contributed by atoms with Gasteiger partial charge < -0.3 is 65.6 Å². The van der Waals surface area contributed by atoms with E-state index in [4.69, 9.17) is 9.47 Å². The standard InChI is InChI=1S/C73H98N2O13S2/c1-40(2)41(3)59-61(88-59)71(85)20-9-12-45-30-52-53-33-57(79)69(34-58(80)67(84,39-77)36-64(52,69)4)63(83)90-89-35-47-13-8-17-65(38-76)21-15-46-29-50(54-28-44-27-43-11-10-24-87-55(43)32-51(44)66(74-54)18-6-5-7-19-66)60(81)70(46)37-75(62(82)73(47,65)70)48-25-42(26-49(78)31-48)14-22-68(45)56(71)16-23-72(53,68)86/h9-12,15,21,25-27,31,33,40-41,44-47,50-52,54-56,58-61,63,74,76-78,80-81,83-86H,5-8,13-14,16-20,22-24,28-30,32,34-39H2,1-4H3. The number of rotatable bonds is 6. The van der Waals surface area contributed by atoms with E-state index in [9.17, 15) is 46.0 Å². The van der Waals surface area contributed by atoms with Crippen LogP contribution in [0, 0.1) is 91.7 Å². The van der Waals surface area contributed by atoms with Crippen LogP contribution >= 0.6 is 21.6 Å². The SMILES string of the molecule is CC(C)C(C)C1OC1C1(O)CC=CC2CC3C4=CC(=O)C5(CC(O)C(O)(CO)CC35C)C(O)SSCC3CCCC5(CO)C=CC6CC(C7CC8C=C9C=CCOC9CC8C8(CCCCC8)N7)C(O)C67CN(C(=O)C357)c3cc(O)cc(c3)CCC23C1CCC43O. The number of benzene rings is 1. The molecular weight excluding hydrogens is 1180 g/mol. The zero-order chi connectivity index (χ0) is 62.7. The summed E-state index contributed by atoms with van der Waals surface area (Å²) in [7, 11) is 2.52. The van der Waals surface area contributed by atoms with Crippen LogP contribution in [0.2, 0.25) is 0 Å². The molecule has 25 unspecified atom stereocenters. The zero-order valence-corrected chi connectivity index (χ0v) is 54.7. The lowest BCUT2D eigenvalue weighted by Gasteiger charge is -2.68. The number of aromatic hydroxyl groups is 1. The summed E-state index contributed by atoms with van der Waals surface area (Å²) in [6.45, 7) is 8.05. The number of epoxide rings is 1. The average Bonchev–Trinajstić information content (AvgIpc) is 1.42. The topological polar surface area (TPSA) is 253 Å². The fourth-order valence-electron chi connectivity index (χ4n) is 25.2. The van der Waals surface area contributed by atoms with Crippen molar-refractivity contribution in [3.8, 4) is 5.75 Å². The summed E-state index contributed by atoms with van der Waals surface area (Å²) in [6.07, 6.45) is 24.9. The normalized spacial score (nSPS) is 51.4. The lowest BCUT2D eigenvalue weighted by molar-refractivity contribution is -0.235. The van der Waals surface area contributed by atoms with Crippen molar-refractivity contribution in [3.05, 3.63) is 83.5 Å². The van der Waals surface area contributed by atoms with Crippen LogP contribution in [0.25, 0.3) is 0 Å². The van der Waals surface area contributed by atoms with Gasteiger partial charge in [-0.25, -0.2) is 0 Å². The lowest BCUT2D eigenvalue weighted by Crippen LogP contribution is -2.72. The van der Waals surface area contributed by atoms with Crippen LogP contribution < -0.4 is 10.2 Å². The van der Waals surface area contributed by atoms with Gasteiger partial charge in [0.1, 0.15) is 28.5 Å². The van der Waals surface area contributed by atoms with Crippen LogP contribution in [0.5, 0.6) is 5.75 Å². The van der Waals surface area contributed by atoms with Gasteiger partial charge in [0.05, 0.1) is 60.7 Å². The maximum absolute atomic E-state index is 17.2. The second kappa shape index (κ2) is 21.1. The molecular formula is C73H98N2O13S2. The van der Waals surface area contributed by atoms with E-state index in [0.29, 0.717) is 80.9 Å². The molecule has 1 aromatic rings. The monoisotopic (exact) mass is 1270 g/mol. The van der Waals surface area contributed by atoms with E-state index in [0.717, 1.165) is 54.9 Å². The van der Waals surface area contributed by atoms with E-state index in [1.54, 1.807) is 18.2 Å². The number of piperidine rings is 1. The zero-order valence-electron chi connectivity index (χ0n) is 53.1. The highest BCUT2D eigenvalue weighted by Crippen LogP contribution is 2.79. The number of hydrogen-bond acceptors (Lipinski definition) is 16. The number of allylic oxidation sites excluding steroid dienone is 4. The molecule has 0 aromatic heterocycles. The molecule has 17 aliphatic rings. The van der Waals surface area contributed by atoms with Gasteiger partial charge in [0.2, 0.25) is 5.91 Å². The molecule has 1 aromatic carbocycles. The van der Waals surface area contributed by atoms with E-state index >= 15 is 9.59 Å². The van der Waals surface area contributed by atoms with Crippen LogP contribution in [0.4, 0.5) is 5.69 Å². The van der Waals surface area contributed by atoms with Gasteiger partial charge in [-0.15, -0.1) is 0 Å². The summed E-state index contributed by atoms with van der Waals surface area (Å²) >= 11 is 0. The van der Waals surface area contributed by atoms with Gasteiger partial charge in [-0.2, -0.15) is 0 Å². The Hall–Kier alpha value is -2.88. The maximum atomic E-state index is 17.2. The number of nitrogens with zero attached hydrogens (tertiary/aromatic N) is 1. The molecule has 25 atom stereocenters. The Labute approximate surface area is 538 Å². The Bertz CT molecular complexity index is 3270. The molecule has 17 heteroatoms. The first-order chi connectivity index (χ1) is 43.0. The second-order valence-electron chi connectivity index (χ2n) is 32.8. The summed E-state index contributed by atoms with van der Waals surface area (Å²) in [5, 5.41) is 121. The quantitative estimate of drug-likeness (QED) is 0.0732. The number of aryl methyl sites for hydroxylation is 1. The van der Waals surface area contributed by atoms with Crippen molar-refractivity contribution < 1.29 is 65.0 Å². The first-order valence-electron chi connectivity index (χ1n) is 34.9. The first kappa shape index (κ1) is 62.0. The third kappa shape index (κ3) is 7.84. The smallest absolute Gasteiger partial charge is 0.235 e. The molecule has 1 amide bonds. The Morgan fingerprint density at radius 3 is 2.44 bits per heavy atom. The Morgan fingerprint density at radius 2 is 1.67 bits per heavy atom. The predicted octanol–water partition coefficient (Wildman–Crippen LogP) is 8.18. The van der Waals surface area contributed by atoms with E-state index in [2.05, 4.69) is 68.6 Å². The maximum Gasteiger partial charge on any atom is 0.235 e. The molecule has 90 heavy (non-hydrogen) atoms. The van der Waals surface area contributed by atoms with Gasteiger partial charge >= 0.3 is 0 Å². The molecule has 10 N–H and O–H groups in total. The highest BCUT2D eigenvalue weighted by Gasteiger charge is 2.83. The minimum absolute atomic E-state index is 0.0322. The molecule has 15 nitrogen and oxygen atoms in total. The summed E-state index contributed by atoms with van der Waals surface area (Å²) < 4.78 is 13.0. The fraction of sp³-hybridized carbons (Fsp3) is 0.753. The van der Waals surface area contributed by atoms with Gasteiger partial charge in [-0.05, 0) is 184 Å². The number of carbonyl (C=O) groups is 2. The number of phenols is 1. The number of anilines is 1. The lowest BCUT2D eigenvalue weighted by atomic mass is 9.38. The molecule has 10 aliphatic carbocycles. The summed E-state index contributed by atoms with van der Waals surface area (Å²) in [5.41, 5.74) is -11.6. The Morgan fingerprint density at radius 1 is 0.867 bits per heavy atom. The minimum Gasteiger partial charge on any atom is -0.508 e. The van der Waals surface area contributed by atoms with Gasteiger partial charge in [-0.1, -0.05) is 117 Å². The van der Waals surface area contributed by atoms with Crippen LogP contribution in [-0.2, 0) is 25.5 Å².